The number of phenolic OH excluding ortho intramolecular Hbond substituents is 1. The zero-order valence-corrected chi connectivity index (χ0v) is 18.9. The number of benzene rings is 2. The predicted molar refractivity (Wildman–Crippen MR) is 126 cm³/mol. The maximum Gasteiger partial charge on any atom is 0.338 e. The van der Waals surface area contributed by atoms with Crippen LogP contribution in [0.4, 0.5) is 22.7 Å². The van der Waals surface area contributed by atoms with E-state index in [1.807, 2.05) is 32.0 Å². The highest BCUT2D eigenvalue weighted by Crippen LogP contribution is 2.32. The van der Waals surface area contributed by atoms with Gasteiger partial charge in [0.05, 0.1) is 11.3 Å². The number of primary amides is 1. The van der Waals surface area contributed by atoms with E-state index in [1.54, 1.807) is 32.3 Å². The van der Waals surface area contributed by atoms with Gasteiger partial charge in [-0.25, -0.2) is 10.1 Å². The molecule has 33 heavy (non-hydrogen) atoms. The third kappa shape index (κ3) is 4.93. The van der Waals surface area contributed by atoms with Crippen molar-refractivity contribution >= 4 is 34.6 Å². The predicted octanol–water partition coefficient (Wildman–Crippen LogP) is 1.29. The van der Waals surface area contributed by atoms with Crippen molar-refractivity contribution in [3.63, 3.8) is 0 Å². The first-order valence-electron chi connectivity index (χ1n) is 10.5. The molecule has 3 aromatic rings. The number of para-hydroxylation sites is 2. The Kier molecular flexibility index (Phi) is 6.93. The number of nitrogens with one attached hydrogen (secondary N) is 2. The van der Waals surface area contributed by atoms with E-state index < -0.39 is 22.8 Å². The van der Waals surface area contributed by atoms with Gasteiger partial charge in [0.25, 0.3) is 16.8 Å². The van der Waals surface area contributed by atoms with Crippen molar-refractivity contribution < 1.29 is 20.0 Å². The van der Waals surface area contributed by atoms with Gasteiger partial charge >= 0.3 is 5.91 Å². The van der Waals surface area contributed by atoms with E-state index in [2.05, 4.69) is 10.6 Å². The molecular weight excluding hydrogens is 424 g/mol. The zero-order chi connectivity index (χ0) is 24.3. The molecule has 0 spiro atoms. The first-order chi connectivity index (χ1) is 15.6. The third-order valence-corrected chi connectivity index (χ3v) is 5.22. The molecule has 0 heterocycles. The SMILES string of the molecule is CC(C)[C@H](Nc1c(Nc2cccc(C(=O)N(C)C)c2O)c(=O)c1=O)C(=O)[NH2+]c1ccccc1. The van der Waals surface area contributed by atoms with Crippen LogP contribution in [0.3, 0.4) is 0 Å². The number of aromatic hydroxyl groups is 1. The van der Waals surface area contributed by atoms with Crippen LogP contribution < -0.4 is 26.8 Å². The summed E-state index contributed by atoms with van der Waals surface area (Å²) in [5, 5.41) is 17.7. The lowest BCUT2D eigenvalue weighted by atomic mass is 10.0. The Morgan fingerprint density at radius 3 is 2.18 bits per heavy atom. The Balaban J connectivity index is 1.86. The fourth-order valence-corrected chi connectivity index (χ4v) is 3.37. The number of anilines is 3. The van der Waals surface area contributed by atoms with Gasteiger partial charge in [0.2, 0.25) is 0 Å². The van der Waals surface area contributed by atoms with Gasteiger partial charge in [-0.3, -0.25) is 14.4 Å². The second kappa shape index (κ2) is 9.66. The van der Waals surface area contributed by atoms with Gasteiger partial charge in [-0.05, 0) is 30.2 Å². The highest BCUT2D eigenvalue weighted by atomic mass is 16.3. The standard InChI is InChI=1S/C24H26N4O5/c1-13(2)17(23(32)25-14-9-6-5-7-10-14)27-19-18(21(30)22(19)31)26-16-12-8-11-15(20(16)29)24(33)28(3)4/h5-13,17,26-27,29H,1-4H3,(H,25,32)/p+1/t17-/m0/s1. The van der Waals surface area contributed by atoms with Gasteiger partial charge in [-0.15, -0.1) is 0 Å². The average molecular weight is 452 g/mol. The lowest BCUT2D eigenvalue weighted by Gasteiger charge is -2.23. The molecule has 0 aromatic heterocycles. The molecule has 0 aliphatic heterocycles. The Morgan fingerprint density at radius 2 is 1.58 bits per heavy atom. The first-order valence-corrected chi connectivity index (χ1v) is 10.5. The number of carbonyl (C=O) groups excluding carboxylic acids is 2. The van der Waals surface area contributed by atoms with Gasteiger partial charge in [0, 0.05) is 14.1 Å². The maximum atomic E-state index is 12.9. The van der Waals surface area contributed by atoms with Crippen LogP contribution in [0, 0.1) is 5.92 Å². The number of quaternary nitrogens is 1. The smallest absolute Gasteiger partial charge is 0.338 e. The number of hydrogen-bond acceptors (Lipinski definition) is 7. The molecule has 0 radical (unpaired) electrons. The molecule has 3 rings (SSSR count). The maximum absolute atomic E-state index is 12.9. The van der Waals surface area contributed by atoms with Crippen molar-refractivity contribution in [3.8, 4) is 5.75 Å². The summed E-state index contributed by atoms with van der Waals surface area (Å²) in [5.41, 5.74) is -0.753. The summed E-state index contributed by atoms with van der Waals surface area (Å²) in [6.45, 7) is 3.66. The minimum atomic E-state index is -0.775. The van der Waals surface area contributed by atoms with Crippen LogP contribution in [0.25, 0.3) is 0 Å². The quantitative estimate of drug-likeness (QED) is 0.230. The van der Waals surface area contributed by atoms with E-state index in [1.165, 1.54) is 22.3 Å². The van der Waals surface area contributed by atoms with Crippen molar-refractivity contribution in [1.82, 2.24) is 4.90 Å². The Hall–Kier alpha value is -3.98. The number of nitrogens with zero attached hydrogens (tertiary/aromatic N) is 1. The second-order valence-corrected chi connectivity index (χ2v) is 8.26. The van der Waals surface area contributed by atoms with Crippen molar-refractivity contribution in [2.45, 2.75) is 19.9 Å². The fourth-order valence-electron chi connectivity index (χ4n) is 3.37. The van der Waals surface area contributed by atoms with Gasteiger partial charge in [-0.1, -0.05) is 38.1 Å². The number of nitrogens with two attached hydrogens (primary N) is 1. The summed E-state index contributed by atoms with van der Waals surface area (Å²) in [5.74, 6) is -1.17. The molecule has 172 valence electrons. The molecule has 9 heteroatoms. The van der Waals surface area contributed by atoms with Crippen LogP contribution in [0.15, 0.2) is 58.1 Å². The molecule has 0 bridgehead atoms. The molecule has 5 N–H and O–H groups in total. The van der Waals surface area contributed by atoms with Gasteiger partial charge < -0.3 is 20.6 Å². The fraction of sp³-hybridized carbons (Fsp3) is 0.250. The van der Waals surface area contributed by atoms with Gasteiger partial charge in [0.1, 0.15) is 23.1 Å². The van der Waals surface area contributed by atoms with Crippen molar-refractivity contribution in [3.05, 3.63) is 74.5 Å². The average Bonchev–Trinajstić information content (AvgIpc) is 2.79. The topological polar surface area (TPSA) is 132 Å². The Morgan fingerprint density at radius 1 is 0.939 bits per heavy atom. The highest BCUT2D eigenvalue weighted by Gasteiger charge is 2.31. The Labute approximate surface area is 190 Å². The lowest BCUT2D eigenvalue weighted by Crippen LogP contribution is -2.86. The van der Waals surface area contributed by atoms with Crippen molar-refractivity contribution in [2.24, 2.45) is 5.92 Å². The van der Waals surface area contributed by atoms with E-state index in [9.17, 15) is 24.3 Å². The van der Waals surface area contributed by atoms with Crippen LogP contribution in [0.5, 0.6) is 5.75 Å². The molecule has 0 saturated carbocycles. The highest BCUT2D eigenvalue weighted by molar-refractivity contribution is 5.99. The van der Waals surface area contributed by atoms with Crippen LogP contribution in [0.1, 0.15) is 24.2 Å². The summed E-state index contributed by atoms with van der Waals surface area (Å²) in [4.78, 5) is 51.0. The molecule has 2 amide bonds. The van der Waals surface area contributed by atoms with Crippen molar-refractivity contribution in [1.29, 1.82) is 0 Å². The monoisotopic (exact) mass is 451 g/mol. The first kappa shape index (κ1) is 23.7. The number of amides is 2. The van der Waals surface area contributed by atoms with E-state index in [0.29, 0.717) is 0 Å². The van der Waals surface area contributed by atoms with E-state index in [4.69, 9.17) is 0 Å². The zero-order valence-electron chi connectivity index (χ0n) is 18.9. The number of carbonyl (C=O) groups is 2. The summed E-state index contributed by atoms with van der Waals surface area (Å²) in [6.07, 6.45) is 0. The molecule has 0 aliphatic carbocycles. The molecule has 0 saturated heterocycles. The molecule has 0 aliphatic rings. The van der Waals surface area contributed by atoms with Crippen LogP contribution >= 0.6 is 0 Å². The largest absolute Gasteiger partial charge is 0.505 e. The Bertz CT molecular complexity index is 1240. The normalized spacial score (nSPS) is 11.9. The second-order valence-electron chi connectivity index (χ2n) is 8.26. The molecule has 9 nitrogen and oxygen atoms in total. The summed E-state index contributed by atoms with van der Waals surface area (Å²) >= 11 is 0. The summed E-state index contributed by atoms with van der Waals surface area (Å²) in [7, 11) is 3.10. The van der Waals surface area contributed by atoms with Crippen molar-refractivity contribution in [2.75, 3.05) is 24.7 Å². The van der Waals surface area contributed by atoms with Gasteiger partial charge in [0.15, 0.2) is 5.75 Å². The summed E-state index contributed by atoms with van der Waals surface area (Å²) in [6, 6.07) is 12.8. The molecule has 3 aromatic carbocycles. The minimum Gasteiger partial charge on any atom is -0.505 e. The number of phenols is 1. The third-order valence-electron chi connectivity index (χ3n) is 5.22. The lowest BCUT2D eigenvalue weighted by molar-refractivity contribution is -0.485. The van der Waals surface area contributed by atoms with E-state index >= 15 is 0 Å². The summed E-state index contributed by atoms with van der Waals surface area (Å²) < 4.78 is 0. The van der Waals surface area contributed by atoms with Crippen LogP contribution in [-0.4, -0.2) is 42.0 Å². The number of rotatable bonds is 8. The van der Waals surface area contributed by atoms with E-state index in [0.717, 1.165) is 5.69 Å². The van der Waals surface area contributed by atoms with Crippen LogP contribution in [0.2, 0.25) is 0 Å². The molecule has 1 atom stereocenters. The molecule has 0 fully saturated rings. The van der Waals surface area contributed by atoms with E-state index in [-0.39, 0.29) is 40.2 Å². The molecule has 0 unspecified atom stereocenters. The molecular formula is C24H27N4O5+. The van der Waals surface area contributed by atoms with Crippen LogP contribution in [-0.2, 0) is 4.79 Å². The number of hydrogen-bond donors (Lipinski definition) is 4. The minimum absolute atomic E-state index is 0.0303. The van der Waals surface area contributed by atoms with Gasteiger partial charge in [-0.2, -0.15) is 0 Å².